The maximum Gasteiger partial charge on any atom is 0.357 e. The first kappa shape index (κ1) is 11.8. The van der Waals surface area contributed by atoms with Crippen molar-refractivity contribution in [2.24, 2.45) is 7.05 Å². The Morgan fingerprint density at radius 2 is 2.35 bits per heavy atom. The second-order valence-electron chi connectivity index (χ2n) is 3.53. The molecule has 0 unspecified atom stereocenters. The Morgan fingerprint density at radius 1 is 1.59 bits per heavy atom. The van der Waals surface area contributed by atoms with E-state index >= 15 is 0 Å². The molecule has 0 N–H and O–H groups in total. The van der Waals surface area contributed by atoms with Crippen LogP contribution in [0.3, 0.4) is 0 Å². The molecule has 2 heterocycles. The highest BCUT2D eigenvalue weighted by molar-refractivity contribution is 7.13. The molecule has 17 heavy (non-hydrogen) atoms. The predicted molar refractivity (Wildman–Crippen MR) is 65.0 cm³/mol. The molecule has 0 fully saturated rings. The van der Waals surface area contributed by atoms with Crippen molar-refractivity contribution in [1.82, 2.24) is 14.8 Å². The number of rotatable bonds is 3. The van der Waals surface area contributed by atoms with E-state index in [1.165, 1.54) is 11.3 Å². The minimum atomic E-state index is -0.378. The van der Waals surface area contributed by atoms with Crippen LogP contribution in [0.5, 0.6) is 0 Å². The Morgan fingerprint density at radius 3 is 2.94 bits per heavy atom. The van der Waals surface area contributed by atoms with Crippen LogP contribution in [0.4, 0.5) is 0 Å². The van der Waals surface area contributed by atoms with Gasteiger partial charge in [0.1, 0.15) is 5.01 Å². The van der Waals surface area contributed by atoms with Gasteiger partial charge in [0.05, 0.1) is 18.4 Å². The lowest BCUT2D eigenvalue weighted by Crippen LogP contribution is -2.04. The molecule has 6 heteroatoms. The summed E-state index contributed by atoms with van der Waals surface area (Å²) < 4.78 is 6.68. The molecule has 5 nitrogen and oxygen atoms in total. The van der Waals surface area contributed by atoms with Crippen molar-refractivity contribution in [2.45, 2.75) is 13.8 Å². The molecule has 0 saturated heterocycles. The number of hydrogen-bond acceptors (Lipinski definition) is 5. The Bertz CT molecular complexity index is 545. The molecule has 0 aliphatic heterocycles. The third kappa shape index (κ3) is 2.21. The summed E-state index contributed by atoms with van der Waals surface area (Å²) in [6, 6.07) is 0. The highest BCUT2D eigenvalue weighted by Gasteiger charge is 2.15. The average Bonchev–Trinajstić information content (AvgIpc) is 2.88. The van der Waals surface area contributed by atoms with Gasteiger partial charge < -0.3 is 4.74 Å². The molecule has 0 spiro atoms. The Labute approximate surface area is 103 Å². The number of ether oxygens (including phenoxy) is 1. The van der Waals surface area contributed by atoms with Gasteiger partial charge in [-0.1, -0.05) is 0 Å². The first-order valence-corrected chi connectivity index (χ1v) is 6.13. The third-order valence-corrected chi connectivity index (χ3v) is 3.33. The van der Waals surface area contributed by atoms with E-state index in [0.29, 0.717) is 12.3 Å². The average molecular weight is 251 g/mol. The minimum Gasteiger partial charge on any atom is -0.461 e. The molecule has 2 aromatic rings. The van der Waals surface area contributed by atoms with Crippen LogP contribution in [-0.4, -0.2) is 27.3 Å². The van der Waals surface area contributed by atoms with Crippen LogP contribution in [0.25, 0.3) is 10.6 Å². The lowest BCUT2D eigenvalue weighted by Gasteiger charge is -1.97. The zero-order chi connectivity index (χ0) is 12.4. The van der Waals surface area contributed by atoms with Crippen molar-refractivity contribution in [1.29, 1.82) is 0 Å². The quantitative estimate of drug-likeness (QED) is 0.783. The smallest absolute Gasteiger partial charge is 0.357 e. The van der Waals surface area contributed by atoms with Gasteiger partial charge in [0.25, 0.3) is 0 Å². The summed E-state index contributed by atoms with van der Waals surface area (Å²) in [5, 5.41) is 6.65. The number of nitrogens with zero attached hydrogens (tertiary/aromatic N) is 3. The summed E-state index contributed by atoms with van der Waals surface area (Å²) in [5.41, 5.74) is 2.33. The topological polar surface area (TPSA) is 57.0 Å². The first-order chi connectivity index (χ1) is 8.13. The molecule has 0 aromatic carbocycles. The second-order valence-corrected chi connectivity index (χ2v) is 4.38. The van der Waals surface area contributed by atoms with Gasteiger partial charge in [-0.3, -0.25) is 4.68 Å². The monoisotopic (exact) mass is 251 g/mol. The second kappa shape index (κ2) is 4.67. The molecule has 0 aliphatic rings. The van der Waals surface area contributed by atoms with Gasteiger partial charge in [0, 0.05) is 18.1 Å². The fourth-order valence-corrected chi connectivity index (χ4v) is 2.26. The summed E-state index contributed by atoms with van der Waals surface area (Å²) >= 11 is 1.42. The summed E-state index contributed by atoms with van der Waals surface area (Å²) in [7, 11) is 1.87. The van der Waals surface area contributed by atoms with Crippen molar-refractivity contribution < 1.29 is 9.53 Å². The van der Waals surface area contributed by atoms with E-state index in [1.807, 2.05) is 14.0 Å². The number of thiazole rings is 1. The van der Waals surface area contributed by atoms with E-state index in [0.717, 1.165) is 16.3 Å². The standard InChI is InChI=1S/C11H13N3O2S/c1-4-16-11(15)9-6-17-10(13-9)8-5-12-14(3)7(8)2/h5-6H,4H2,1-3H3. The molecule has 0 atom stereocenters. The number of esters is 1. The van der Waals surface area contributed by atoms with Crippen LogP contribution in [0.1, 0.15) is 23.1 Å². The molecule has 2 rings (SSSR count). The molecule has 0 amide bonds. The molecule has 90 valence electrons. The van der Waals surface area contributed by atoms with Crippen LogP contribution in [0, 0.1) is 6.92 Å². The largest absolute Gasteiger partial charge is 0.461 e. The molecule has 2 aromatic heterocycles. The zero-order valence-electron chi connectivity index (χ0n) is 9.93. The van der Waals surface area contributed by atoms with Crippen molar-refractivity contribution >= 4 is 17.3 Å². The minimum absolute atomic E-state index is 0.357. The number of aryl methyl sites for hydroxylation is 1. The predicted octanol–water partition coefficient (Wildman–Crippen LogP) is 2.03. The SMILES string of the molecule is CCOC(=O)c1csc(-c2cnn(C)c2C)n1. The van der Waals surface area contributed by atoms with Crippen molar-refractivity contribution in [2.75, 3.05) is 6.61 Å². The lowest BCUT2D eigenvalue weighted by molar-refractivity contribution is 0.0520. The summed E-state index contributed by atoms with van der Waals surface area (Å²) in [4.78, 5) is 15.7. The van der Waals surface area contributed by atoms with Gasteiger partial charge in [-0.15, -0.1) is 11.3 Å². The molecule has 0 radical (unpaired) electrons. The zero-order valence-corrected chi connectivity index (χ0v) is 10.7. The fraction of sp³-hybridized carbons (Fsp3) is 0.364. The van der Waals surface area contributed by atoms with Crippen LogP contribution in [-0.2, 0) is 11.8 Å². The lowest BCUT2D eigenvalue weighted by atomic mass is 10.3. The highest BCUT2D eigenvalue weighted by Crippen LogP contribution is 2.26. The van der Waals surface area contributed by atoms with Crippen molar-refractivity contribution in [3.05, 3.63) is 23.0 Å². The molecule has 0 bridgehead atoms. The summed E-state index contributed by atoms with van der Waals surface area (Å²) in [5.74, 6) is -0.378. The molecular weight excluding hydrogens is 238 g/mol. The highest BCUT2D eigenvalue weighted by atomic mass is 32.1. The normalized spacial score (nSPS) is 10.5. The molecule has 0 aliphatic carbocycles. The summed E-state index contributed by atoms with van der Waals surface area (Å²) in [6.45, 7) is 4.10. The van der Waals surface area contributed by atoms with Gasteiger partial charge in [0.15, 0.2) is 5.69 Å². The van der Waals surface area contributed by atoms with E-state index in [9.17, 15) is 4.79 Å². The van der Waals surface area contributed by atoms with Gasteiger partial charge in [0.2, 0.25) is 0 Å². The third-order valence-electron chi connectivity index (χ3n) is 2.45. The summed E-state index contributed by atoms with van der Waals surface area (Å²) in [6.07, 6.45) is 1.75. The molecule has 0 saturated carbocycles. The van der Waals surface area contributed by atoms with Crippen molar-refractivity contribution in [3.8, 4) is 10.6 Å². The van der Waals surface area contributed by atoms with E-state index < -0.39 is 0 Å². The van der Waals surface area contributed by atoms with Crippen LogP contribution in [0.15, 0.2) is 11.6 Å². The van der Waals surface area contributed by atoms with E-state index in [2.05, 4.69) is 10.1 Å². The van der Waals surface area contributed by atoms with E-state index in [4.69, 9.17) is 4.74 Å². The van der Waals surface area contributed by atoms with E-state index in [1.54, 1.807) is 23.2 Å². The van der Waals surface area contributed by atoms with Gasteiger partial charge in [-0.2, -0.15) is 5.10 Å². The Balaban J connectivity index is 2.30. The maximum absolute atomic E-state index is 11.5. The fourth-order valence-electron chi connectivity index (χ4n) is 1.40. The van der Waals surface area contributed by atoms with Gasteiger partial charge >= 0.3 is 5.97 Å². The van der Waals surface area contributed by atoms with Crippen LogP contribution < -0.4 is 0 Å². The number of hydrogen-bond donors (Lipinski definition) is 0. The first-order valence-electron chi connectivity index (χ1n) is 5.25. The number of carbonyl (C=O) groups is 1. The van der Waals surface area contributed by atoms with Crippen LogP contribution in [0.2, 0.25) is 0 Å². The number of aromatic nitrogens is 3. The van der Waals surface area contributed by atoms with Gasteiger partial charge in [-0.25, -0.2) is 9.78 Å². The molecular formula is C11H13N3O2S. The van der Waals surface area contributed by atoms with Crippen LogP contribution >= 0.6 is 11.3 Å². The Hall–Kier alpha value is -1.69. The van der Waals surface area contributed by atoms with Crippen molar-refractivity contribution in [3.63, 3.8) is 0 Å². The maximum atomic E-state index is 11.5. The number of carbonyl (C=O) groups excluding carboxylic acids is 1. The Kier molecular flexibility index (Phi) is 3.23. The van der Waals surface area contributed by atoms with Gasteiger partial charge in [-0.05, 0) is 13.8 Å². The van der Waals surface area contributed by atoms with E-state index in [-0.39, 0.29) is 5.97 Å².